The number of urea groups is 1. The van der Waals surface area contributed by atoms with Gasteiger partial charge in [-0.15, -0.1) is 5.11 Å². The quantitative estimate of drug-likeness (QED) is 0.203. The van der Waals surface area contributed by atoms with Crippen LogP contribution in [0.3, 0.4) is 0 Å². The molecule has 0 aliphatic carbocycles. The Balaban J connectivity index is 2.18. The fourth-order valence-corrected chi connectivity index (χ4v) is 4.18. The molecule has 2 aromatic carbocycles. The van der Waals surface area contributed by atoms with E-state index in [1.165, 1.54) is 42.5 Å². The number of amides is 2. The molecule has 0 atom stereocenters. The largest absolute Gasteiger partial charge is 0.397 e. The Morgan fingerprint density at radius 3 is 2.18 bits per heavy atom. The number of carbonyl (C=O) groups excluding carboxylic acids is 1. The summed E-state index contributed by atoms with van der Waals surface area (Å²) in [6, 6.07) is 8.15. The second kappa shape index (κ2) is 10.8. The number of azo groups is 1. The minimum Gasteiger partial charge on any atom is -0.370 e. The van der Waals surface area contributed by atoms with Crippen LogP contribution in [0.5, 0.6) is 0 Å². The average molecular weight is 538 g/mol. The average Bonchev–Trinajstić information content (AvgIpc) is 2.70. The number of rotatable bonds is 11. The van der Waals surface area contributed by atoms with Crippen molar-refractivity contribution in [3.63, 3.8) is 0 Å². The Labute approximate surface area is 194 Å². The van der Waals surface area contributed by atoms with Crippen molar-refractivity contribution in [1.82, 2.24) is 0 Å². The van der Waals surface area contributed by atoms with Crippen molar-refractivity contribution >= 4 is 59.1 Å². The van der Waals surface area contributed by atoms with Crippen LogP contribution in [-0.2, 0) is 34.5 Å². The minimum absolute atomic E-state index is 0.0645. The summed E-state index contributed by atoms with van der Waals surface area (Å²) in [6.45, 7) is -0.770. The minimum atomic E-state index is -4.76. The number of sulfone groups is 1. The van der Waals surface area contributed by atoms with Crippen LogP contribution in [0.1, 0.15) is 0 Å². The van der Waals surface area contributed by atoms with Crippen LogP contribution >= 0.6 is 0 Å². The van der Waals surface area contributed by atoms with Crippen molar-refractivity contribution in [2.24, 2.45) is 16.0 Å². The summed E-state index contributed by atoms with van der Waals surface area (Å²) in [5.41, 5.74) is 5.73. The second-order valence-corrected chi connectivity index (χ2v) is 11.0. The maximum Gasteiger partial charge on any atom is 0.397 e. The van der Waals surface area contributed by atoms with Crippen LogP contribution < -0.4 is 16.4 Å². The van der Waals surface area contributed by atoms with Gasteiger partial charge >= 0.3 is 16.4 Å². The fourth-order valence-electron chi connectivity index (χ4n) is 2.34. The number of benzene rings is 2. The van der Waals surface area contributed by atoms with Crippen molar-refractivity contribution in [3.05, 3.63) is 42.5 Å². The second-order valence-electron chi connectivity index (χ2n) is 6.39. The fraction of sp³-hybridized carbons (Fsp3) is 0.188. The molecular weight excluding hydrogens is 518 g/mol. The van der Waals surface area contributed by atoms with E-state index in [2.05, 4.69) is 25.0 Å². The number of nitrogens with zero attached hydrogens (tertiary/aromatic N) is 2. The third kappa shape index (κ3) is 9.37. The first-order chi connectivity index (χ1) is 15.6. The maximum atomic E-state index is 12.2. The lowest BCUT2D eigenvalue weighted by Crippen LogP contribution is -2.19. The van der Waals surface area contributed by atoms with Crippen molar-refractivity contribution in [2.45, 2.75) is 4.90 Å². The highest BCUT2D eigenvalue weighted by molar-refractivity contribution is 7.91. The summed E-state index contributed by atoms with van der Waals surface area (Å²) < 4.78 is 88.4. The van der Waals surface area contributed by atoms with E-state index in [0.29, 0.717) is 0 Å². The Kier molecular flexibility index (Phi) is 8.64. The van der Waals surface area contributed by atoms with Gasteiger partial charge in [-0.3, -0.25) is 9.11 Å². The topological polar surface area (TPSA) is 244 Å². The molecule has 0 heterocycles. The monoisotopic (exact) mass is 537 g/mol. The highest BCUT2D eigenvalue weighted by Crippen LogP contribution is 2.30. The van der Waals surface area contributed by atoms with Crippen molar-refractivity contribution < 1.29 is 43.3 Å². The summed E-state index contributed by atoms with van der Waals surface area (Å²) in [6.07, 6.45) is 0. The van der Waals surface area contributed by atoms with Crippen LogP contribution in [0.2, 0.25) is 0 Å². The van der Waals surface area contributed by atoms with Crippen LogP contribution in [0.15, 0.2) is 57.6 Å². The number of nitrogens with one attached hydrogen (secondary N) is 2. The van der Waals surface area contributed by atoms with Crippen LogP contribution in [-0.4, -0.2) is 58.6 Å². The Bertz CT molecular complexity index is 1390. The van der Waals surface area contributed by atoms with Gasteiger partial charge in [0.05, 0.1) is 28.6 Å². The molecule has 15 nitrogen and oxygen atoms in total. The number of nitrogens with two attached hydrogens (primary N) is 1. The molecule has 0 spiro atoms. The van der Waals surface area contributed by atoms with Crippen LogP contribution in [0.25, 0.3) is 0 Å². The Morgan fingerprint density at radius 2 is 1.62 bits per heavy atom. The summed E-state index contributed by atoms with van der Waals surface area (Å²) in [5, 5.41) is 12.6. The molecule has 2 rings (SSSR count). The summed E-state index contributed by atoms with van der Waals surface area (Å²) in [5.74, 6) is -1.48. The van der Waals surface area contributed by atoms with E-state index in [9.17, 15) is 30.0 Å². The van der Waals surface area contributed by atoms with E-state index in [1.54, 1.807) is 0 Å². The molecule has 0 radical (unpaired) electrons. The zero-order chi connectivity index (χ0) is 25.6. The lowest BCUT2D eigenvalue weighted by molar-refractivity contribution is 0.259. The van der Waals surface area contributed by atoms with Crippen molar-refractivity contribution in [3.8, 4) is 0 Å². The van der Waals surface area contributed by atoms with E-state index in [-0.39, 0.29) is 27.6 Å². The zero-order valence-corrected chi connectivity index (χ0v) is 19.5. The molecule has 0 fully saturated rings. The molecule has 0 unspecified atom stereocenters. The number of hydrogen-bond donors (Lipinski definition) is 5. The van der Waals surface area contributed by atoms with Gasteiger partial charge < -0.3 is 16.4 Å². The molecule has 18 heteroatoms. The third-order valence-corrected chi connectivity index (χ3v) is 6.43. The predicted octanol–water partition coefficient (Wildman–Crippen LogP) is 1.44. The SMILES string of the molecule is NC(=O)Nc1cc(NCS(=O)(=O)O)ccc1N=Nc1ccc(S(=O)(=O)CCOS(=O)(=O)O)cc1. The molecule has 0 saturated heterocycles. The van der Waals surface area contributed by atoms with Gasteiger partial charge in [-0.1, -0.05) is 0 Å². The van der Waals surface area contributed by atoms with Crippen molar-refractivity contribution in [1.29, 1.82) is 0 Å². The third-order valence-electron chi connectivity index (χ3n) is 3.77. The number of primary amides is 1. The molecule has 0 aliphatic heterocycles. The molecule has 34 heavy (non-hydrogen) atoms. The lowest BCUT2D eigenvalue weighted by atomic mass is 10.2. The molecule has 0 aromatic heterocycles. The molecule has 0 bridgehead atoms. The van der Waals surface area contributed by atoms with Gasteiger partial charge in [0.2, 0.25) is 0 Å². The number of anilines is 2. The first-order valence-electron chi connectivity index (χ1n) is 8.90. The van der Waals surface area contributed by atoms with E-state index in [4.69, 9.17) is 14.8 Å². The van der Waals surface area contributed by atoms with Gasteiger partial charge in [-0.25, -0.2) is 17.4 Å². The van der Waals surface area contributed by atoms with E-state index >= 15 is 0 Å². The van der Waals surface area contributed by atoms with Gasteiger partial charge in [0.1, 0.15) is 11.6 Å². The first kappa shape index (κ1) is 27.1. The molecule has 0 aliphatic rings. The van der Waals surface area contributed by atoms with E-state index < -0.39 is 54.6 Å². The normalized spacial score (nSPS) is 12.5. The molecule has 6 N–H and O–H groups in total. The van der Waals surface area contributed by atoms with Crippen molar-refractivity contribution in [2.75, 3.05) is 28.9 Å². The number of hydrogen-bond acceptors (Lipinski definition) is 11. The smallest absolute Gasteiger partial charge is 0.370 e. The molecule has 186 valence electrons. The highest BCUT2D eigenvalue weighted by Gasteiger charge is 2.16. The standard InChI is InChI=1S/C16H19N5O10S3/c17-16(22)19-15-9-12(18-10-33(25,26)27)3-6-14(15)21-20-11-1-4-13(5-2-11)32(23,24)8-7-31-34(28,29)30/h1-6,9,18H,7-8,10H2,(H3,17,19,22)(H,25,26,27)(H,28,29,30). The van der Waals surface area contributed by atoms with E-state index in [1.807, 2.05) is 0 Å². The van der Waals surface area contributed by atoms with Gasteiger partial charge in [0.15, 0.2) is 9.84 Å². The highest BCUT2D eigenvalue weighted by atomic mass is 32.3. The Hall–Kier alpha value is -3.16. The molecule has 0 saturated carbocycles. The first-order valence-corrected chi connectivity index (χ1v) is 13.5. The van der Waals surface area contributed by atoms with Gasteiger partial charge in [0, 0.05) is 5.69 Å². The Morgan fingerprint density at radius 1 is 0.971 bits per heavy atom. The molecular formula is C16H19N5O10S3. The van der Waals surface area contributed by atoms with E-state index in [0.717, 1.165) is 0 Å². The molecule has 2 aromatic rings. The summed E-state index contributed by atoms with van der Waals surface area (Å²) >= 11 is 0. The summed E-state index contributed by atoms with van der Waals surface area (Å²) in [4.78, 5) is 11.1. The molecule has 2 amide bonds. The van der Waals surface area contributed by atoms with Crippen LogP contribution in [0, 0.1) is 0 Å². The summed E-state index contributed by atoms with van der Waals surface area (Å²) in [7, 11) is -13.0. The van der Waals surface area contributed by atoms with Crippen LogP contribution in [0.4, 0.5) is 27.5 Å². The van der Waals surface area contributed by atoms with Gasteiger partial charge in [-0.05, 0) is 42.5 Å². The zero-order valence-electron chi connectivity index (χ0n) is 17.0. The lowest BCUT2D eigenvalue weighted by Gasteiger charge is -2.09. The van der Waals surface area contributed by atoms with Gasteiger partial charge in [0.25, 0.3) is 10.1 Å². The van der Waals surface area contributed by atoms with Gasteiger partial charge in [-0.2, -0.15) is 21.9 Å². The number of carbonyl (C=O) groups is 1. The predicted molar refractivity (Wildman–Crippen MR) is 120 cm³/mol. The maximum absolute atomic E-state index is 12.2.